The van der Waals surface area contributed by atoms with Gasteiger partial charge in [0.1, 0.15) is 12.2 Å². The van der Waals surface area contributed by atoms with Crippen LogP contribution in [0.1, 0.15) is 30.6 Å². The molecule has 0 amide bonds. The van der Waals surface area contributed by atoms with Crippen molar-refractivity contribution in [3.05, 3.63) is 35.4 Å². The van der Waals surface area contributed by atoms with E-state index in [1.807, 2.05) is 12.1 Å². The summed E-state index contributed by atoms with van der Waals surface area (Å²) in [5, 5.41) is 10.4. The van der Waals surface area contributed by atoms with E-state index in [0.717, 1.165) is 31.5 Å². The number of aliphatic hydroxyl groups is 1. The van der Waals surface area contributed by atoms with Gasteiger partial charge in [-0.15, -0.1) is 0 Å². The molecule has 1 aliphatic rings. The first-order valence-electron chi connectivity index (χ1n) is 6.77. The van der Waals surface area contributed by atoms with E-state index in [-0.39, 0.29) is 6.10 Å². The molecule has 2 unspecified atom stereocenters. The Morgan fingerprint density at radius 3 is 3.06 bits per heavy atom. The largest absolute Gasteiger partial charge is 0.386 e. The van der Waals surface area contributed by atoms with Crippen molar-refractivity contribution < 1.29 is 9.84 Å². The topological polar surface area (TPSA) is 32.7 Å². The number of benzene rings is 1. The van der Waals surface area contributed by atoms with Crippen molar-refractivity contribution in [1.29, 1.82) is 0 Å². The van der Waals surface area contributed by atoms with E-state index >= 15 is 0 Å². The second kappa shape index (κ2) is 6.32. The van der Waals surface area contributed by atoms with Gasteiger partial charge in [-0.1, -0.05) is 37.6 Å². The van der Waals surface area contributed by atoms with Crippen LogP contribution in [0.15, 0.2) is 24.3 Å². The lowest BCUT2D eigenvalue weighted by Gasteiger charge is -2.33. The highest BCUT2D eigenvalue weighted by Crippen LogP contribution is 2.23. The molecule has 1 saturated heterocycles. The number of hydrogen-bond acceptors (Lipinski definition) is 3. The van der Waals surface area contributed by atoms with E-state index in [2.05, 4.69) is 31.0 Å². The van der Waals surface area contributed by atoms with Crippen molar-refractivity contribution in [2.75, 3.05) is 26.7 Å². The van der Waals surface area contributed by atoms with Gasteiger partial charge in [-0.3, -0.25) is 0 Å². The molecular weight excluding hydrogens is 226 g/mol. The van der Waals surface area contributed by atoms with E-state index in [0.29, 0.717) is 6.61 Å². The van der Waals surface area contributed by atoms with Crippen LogP contribution >= 0.6 is 0 Å². The molecule has 0 aromatic heterocycles. The number of rotatable bonds is 4. The maximum atomic E-state index is 10.4. The number of ether oxygens (including phenoxy) is 1. The van der Waals surface area contributed by atoms with Crippen LogP contribution in [0.3, 0.4) is 0 Å². The number of aliphatic hydroxyl groups excluding tert-OH is 1. The van der Waals surface area contributed by atoms with E-state index in [1.165, 1.54) is 5.56 Å². The first-order chi connectivity index (χ1) is 8.70. The van der Waals surface area contributed by atoms with Gasteiger partial charge in [-0.2, -0.15) is 0 Å². The van der Waals surface area contributed by atoms with Crippen molar-refractivity contribution in [2.24, 2.45) is 0 Å². The minimum Gasteiger partial charge on any atom is -0.386 e. The molecule has 1 aromatic carbocycles. The summed E-state index contributed by atoms with van der Waals surface area (Å²) in [5.74, 6) is 0. The summed E-state index contributed by atoms with van der Waals surface area (Å²) in [6.45, 7) is 4.60. The quantitative estimate of drug-likeness (QED) is 0.886. The number of nitrogens with zero attached hydrogens (tertiary/aromatic N) is 1. The van der Waals surface area contributed by atoms with E-state index in [1.54, 1.807) is 0 Å². The fourth-order valence-corrected chi connectivity index (χ4v) is 2.44. The zero-order chi connectivity index (χ0) is 13.0. The molecule has 1 heterocycles. The Hall–Kier alpha value is -0.900. The molecule has 3 nitrogen and oxygen atoms in total. The summed E-state index contributed by atoms with van der Waals surface area (Å²) in [5.41, 5.74) is 2.26. The Kier molecular flexibility index (Phi) is 4.75. The van der Waals surface area contributed by atoms with Crippen LogP contribution in [0.5, 0.6) is 0 Å². The van der Waals surface area contributed by atoms with Crippen LogP contribution in [0.4, 0.5) is 0 Å². The van der Waals surface area contributed by atoms with Gasteiger partial charge in [-0.25, -0.2) is 0 Å². The molecule has 0 bridgehead atoms. The average Bonchev–Trinajstić information content (AvgIpc) is 2.39. The van der Waals surface area contributed by atoms with E-state index in [4.69, 9.17) is 4.74 Å². The lowest BCUT2D eigenvalue weighted by atomic mass is 9.99. The van der Waals surface area contributed by atoms with Gasteiger partial charge >= 0.3 is 0 Å². The molecule has 0 radical (unpaired) electrons. The van der Waals surface area contributed by atoms with Gasteiger partial charge in [0, 0.05) is 13.1 Å². The van der Waals surface area contributed by atoms with E-state index in [9.17, 15) is 5.11 Å². The number of aryl methyl sites for hydroxylation is 1. The maximum absolute atomic E-state index is 10.4. The predicted octanol–water partition coefficient (Wildman–Crippen LogP) is 2.00. The summed E-state index contributed by atoms with van der Waals surface area (Å²) in [4.78, 5) is 2.20. The van der Waals surface area contributed by atoms with Crippen molar-refractivity contribution in [3.63, 3.8) is 0 Å². The molecule has 1 fully saturated rings. The monoisotopic (exact) mass is 249 g/mol. The fraction of sp³-hybridized carbons (Fsp3) is 0.600. The van der Waals surface area contributed by atoms with Gasteiger partial charge in [0.25, 0.3) is 0 Å². The first-order valence-corrected chi connectivity index (χ1v) is 6.77. The average molecular weight is 249 g/mol. The van der Waals surface area contributed by atoms with Crippen molar-refractivity contribution in [3.8, 4) is 0 Å². The van der Waals surface area contributed by atoms with Crippen LogP contribution in [0.25, 0.3) is 0 Å². The summed E-state index contributed by atoms with van der Waals surface area (Å²) >= 11 is 0. The maximum Gasteiger partial charge on any atom is 0.106 e. The van der Waals surface area contributed by atoms with Gasteiger partial charge in [0.15, 0.2) is 0 Å². The summed E-state index contributed by atoms with van der Waals surface area (Å²) in [6.07, 6.45) is 1.55. The molecule has 1 aliphatic heterocycles. The summed E-state index contributed by atoms with van der Waals surface area (Å²) < 4.78 is 5.67. The molecule has 2 rings (SSSR count). The summed E-state index contributed by atoms with van der Waals surface area (Å²) in [6, 6.07) is 8.23. The lowest BCUT2D eigenvalue weighted by molar-refractivity contribution is -0.0844. The summed E-state index contributed by atoms with van der Waals surface area (Å²) in [7, 11) is 2.07. The van der Waals surface area contributed by atoms with Gasteiger partial charge in [0.2, 0.25) is 0 Å². The molecule has 100 valence electrons. The minimum atomic E-state index is -0.524. The standard InChI is InChI=1S/C15H23NO2/c1-3-5-12-6-4-7-13(10-12)15(17)14-11-16(2)8-9-18-14/h4,6-7,10,14-15,17H,3,5,8-9,11H2,1-2H3. The van der Waals surface area contributed by atoms with Gasteiger partial charge in [0.05, 0.1) is 6.61 Å². The highest BCUT2D eigenvalue weighted by molar-refractivity contribution is 5.26. The third-order valence-corrected chi connectivity index (χ3v) is 3.48. The normalized spacial score (nSPS) is 22.9. The number of hydrogen-bond donors (Lipinski definition) is 1. The molecule has 18 heavy (non-hydrogen) atoms. The Bertz CT molecular complexity index is 381. The number of morpholine rings is 1. The smallest absolute Gasteiger partial charge is 0.106 e. The Labute approximate surface area is 109 Å². The third kappa shape index (κ3) is 3.31. The van der Waals surface area contributed by atoms with Crippen LogP contribution < -0.4 is 0 Å². The fourth-order valence-electron chi connectivity index (χ4n) is 2.44. The molecular formula is C15H23NO2. The third-order valence-electron chi connectivity index (χ3n) is 3.48. The van der Waals surface area contributed by atoms with Crippen LogP contribution in [-0.4, -0.2) is 42.9 Å². The Morgan fingerprint density at radius 2 is 2.33 bits per heavy atom. The molecule has 1 N–H and O–H groups in total. The van der Waals surface area contributed by atoms with Crippen molar-refractivity contribution >= 4 is 0 Å². The molecule has 2 atom stereocenters. The molecule has 0 aliphatic carbocycles. The number of likely N-dealkylation sites (N-methyl/N-ethyl adjacent to an activating group) is 1. The minimum absolute atomic E-state index is 0.111. The molecule has 0 spiro atoms. The molecule has 3 heteroatoms. The van der Waals surface area contributed by atoms with Crippen LogP contribution in [0.2, 0.25) is 0 Å². The van der Waals surface area contributed by atoms with Crippen LogP contribution in [-0.2, 0) is 11.2 Å². The highest BCUT2D eigenvalue weighted by atomic mass is 16.5. The van der Waals surface area contributed by atoms with E-state index < -0.39 is 6.10 Å². The highest BCUT2D eigenvalue weighted by Gasteiger charge is 2.26. The first kappa shape index (κ1) is 13.5. The Balaban J connectivity index is 2.07. The molecule has 1 aromatic rings. The van der Waals surface area contributed by atoms with Gasteiger partial charge < -0.3 is 14.7 Å². The second-order valence-corrected chi connectivity index (χ2v) is 5.11. The van der Waals surface area contributed by atoms with Crippen molar-refractivity contribution in [1.82, 2.24) is 4.90 Å². The zero-order valence-electron chi connectivity index (χ0n) is 11.3. The predicted molar refractivity (Wildman–Crippen MR) is 72.6 cm³/mol. The SMILES string of the molecule is CCCc1cccc(C(O)C2CN(C)CCO2)c1. The molecule has 0 saturated carbocycles. The Morgan fingerprint density at radius 1 is 1.50 bits per heavy atom. The lowest BCUT2D eigenvalue weighted by Crippen LogP contribution is -2.42. The van der Waals surface area contributed by atoms with Crippen molar-refractivity contribution in [2.45, 2.75) is 32.0 Å². The zero-order valence-corrected chi connectivity index (χ0v) is 11.3. The van der Waals surface area contributed by atoms with Gasteiger partial charge in [-0.05, 0) is 24.6 Å². The van der Waals surface area contributed by atoms with Crippen LogP contribution in [0, 0.1) is 0 Å². The second-order valence-electron chi connectivity index (χ2n) is 5.11.